The predicted octanol–water partition coefficient (Wildman–Crippen LogP) is 5.09. The van der Waals surface area contributed by atoms with Crippen LogP contribution >= 0.6 is 22.7 Å². The molecule has 0 unspecified atom stereocenters. The Bertz CT molecular complexity index is 1300. The molecule has 2 aromatic carbocycles. The molecule has 0 saturated heterocycles. The number of carbonyl (C=O) groups is 1. The number of aromatic nitrogens is 1. The van der Waals surface area contributed by atoms with Crippen LogP contribution in [0.1, 0.15) is 15.2 Å². The summed E-state index contributed by atoms with van der Waals surface area (Å²) in [4.78, 5) is 28.5. The highest BCUT2D eigenvalue weighted by atomic mass is 32.1. The van der Waals surface area contributed by atoms with Crippen molar-refractivity contribution in [2.75, 3.05) is 12.1 Å². The van der Waals surface area contributed by atoms with E-state index in [2.05, 4.69) is 10.1 Å². The van der Waals surface area contributed by atoms with Crippen LogP contribution in [-0.4, -0.2) is 29.1 Å². The Kier molecular flexibility index (Phi) is 5.69. The Morgan fingerprint density at radius 2 is 1.97 bits per heavy atom. The normalized spacial score (nSPS) is 11.2. The quantitative estimate of drug-likeness (QED) is 0.229. The summed E-state index contributed by atoms with van der Waals surface area (Å²) in [6.07, 6.45) is 1.35. The zero-order valence-corrected chi connectivity index (χ0v) is 17.5. The maximum absolute atomic E-state index is 13.3. The third-order valence-electron chi connectivity index (χ3n) is 4.14. The maximum Gasteiger partial charge on any atom is 0.324 e. The number of hydrazone groups is 1. The van der Waals surface area contributed by atoms with Crippen molar-refractivity contribution >= 4 is 55.1 Å². The molecular weight excluding hydrogens is 443 g/mol. The number of hydrogen-bond acceptors (Lipinski definition) is 8. The van der Waals surface area contributed by atoms with E-state index in [4.69, 9.17) is 4.74 Å². The van der Waals surface area contributed by atoms with Crippen LogP contribution in [0.3, 0.4) is 0 Å². The second-order valence-corrected chi connectivity index (χ2v) is 8.23. The van der Waals surface area contributed by atoms with Gasteiger partial charge in [0.1, 0.15) is 11.6 Å². The molecule has 0 N–H and O–H groups in total. The number of anilines is 1. The number of thiazole rings is 1. The van der Waals surface area contributed by atoms with E-state index in [0.717, 1.165) is 21.0 Å². The molecule has 4 aromatic rings. The molecule has 11 heteroatoms. The third kappa shape index (κ3) is 4.42. The number of amides is 1. The second-order valence-electron chi connectivity index (χ2n) is 6.13. The summed E-state index contributed by atoms with van der Waals surface area (Å²) in [5.41, 5.74) is 0.868. The summed E-state index contributed by atoms with van der Waals surface area (Å²) in [5.74, 6) is -0.341. The fraction of sp³-hybridized carbons (Fsp3) is 0.0500. The van der Waals surface area contributed by atoms with E-state index < -0.39 is 16.6 Å². The minimum atomic E-state index is -0.520. The van der Waals surface area contributed by atoms with Crippen molar-refractivity contribution in [3.63, 3.8) is 0 Å². The van der Waals surface area contributed by atoms with Gasteiger partial charge in [0.25, 0.3) is 5.91 Å². The lowest BCUT2D eigenvalue weighted by Crippen LogP contribution is -2.25. The van der Waals surface area contributed by atoms with Crippen molar-refractivity contribution in [3.8, 4) is 5.75 Å². The molecule has 4 rings (SSSR count). The third-order valence-corrected chi connectivity index (χ3v) is 6.11. The molecule has 0 bridgehead atoms. The topological polar surface area (TPSA) is 97.9 Å². The van der Waals surface area contributed by atoms with Gasteiger partial charge < -0.3 is 4.74 Å². The first-order valence-electron chi connectivity index (χ1n) is 8.77. The van der Waals surface area contributed by atoms with Gasteiger partial charge in [0, 0.05) is 11.6 Å². The Labute approximate surface area is 183 Å². The minimum absolute atomic E-state index is 0.0371. The molecule has 0 aliphatic carbocycles. The number of rotatable bonds is 6. The van der Waals surface area contributed by atoms with Crippen molar-refractivity contribution in [2.24, 2.45) is 5.10 Å². The van der Waals surface area contributed by atoms with Crippen molar-refractivity contribution in [1.29, 1.82) is 0 Å². The summed E-state index contributed by atoms with van der Waals surface area (Å²) < 4.78 is 19.3. The van der Waals surface area contributed by atoms with Crippen molar-refractivity contribution < 1.29 is 18.8 Å². The summed E-state index contributed by atoms with van der Waals surface area (Å²) in [7, 11) is 1.55. The Morgan fingerprint density at radius 1 is 1.19 bits per heavy atom. The molecule has 0 saturated carbocycles. The average molecular weight is 456 g/mol. The van der Waals surface area contributed by atoms with Gasteiger partial charge >= 0.3 is 5.00 Å². The minimum Gasteiger partial charge on any atom is -0.497 e. The van der Waals surface area contributed by atoms with Crippen LogP contribution in [0.5, 0.6) is 5.75 Å². The number of benzene rings is 2. The lowest BCUT2D eigenvalue weighted by atomic mass is 10.2. The van der Waals surface area contributed by atoms with Crippen molar-refractivity contribution in [3.05, 3.63) is 81.0 Å². The van der Waals surface area contributed by atoms with Gasteiger partial charge in [0.2, 0.25) is 5.13 Å². The highest BCUT2D eigenvalue weighted by Gasteiger charge is 2.21. The number of hydrogen-bond donors (Lipinski definition) is 0. The highest BCUT2D eigenvalue weighted by molar-refractivity contribution is 7.22. The van der Waals surface area contributed by atoms with Crippen molar-refractivity contribution in [2.45, 2.75) is 0 Å². The van der Waals surface area contributed by atoms with Gasteiger partial charge in [-0.05, 0) is 48.5 Å². The molecule has 8 nitrogen and oxygen atoms in total. The zero-order valence-electron chi connectivity index (χ0n) is 15.9. The molecule has 0 atom stereocenters. The smallest absolute Gasteiger partial charge is 0.324 e. The molecule has 0 spiro atoms. The van der Waals surface area contributed by atoms with Crippen LogP contribution in [-0.2, 0) is 0 Å². The lowest BCUT2D eigenvalue weighted by Gasteiger charge is -2.13. The molecule has 1 amide bonds. The number of nitro groups is 1. The van der Waals surface area contributed by atoms with Crippen LogP contribution < -0.4 is 9.75 Å². The number of nitrogens with zero attached hydrogens (tertiary/aromatic N) is 4. The number of thiophene rings is 1. The van der Waals surface area contributed by atoms with E-state index in [1.165, 1.54) is 53.9 Å². The molecule has 156 valence electrons. The zero-order chi connectivity index (χ0) is 22.0. The molecular formula is C20H13FN4O4S2. The van der Waals surface area contributed by atoms with Gasteiger partial charge in [-0.1, -0.05) is 22.7 Å². The van der Waals surface area contributed by atoms with E-state index in [9.17, 15) is 19.3 Å². The molecule has 2 aromatic heterocycles. The Balaban J connectivity index is 1.74. The summed E-state index contributed by atoms with van der Waals surface area (Å²) in [6.45, 7) is 0. The Morgan fingerprint density at radius 3 is 2.65 bits per heavy atom. The average Bonchev–Trinajstić information content (AvgIpc) is 3.41. The number of ether oxygens (including phenoxy) is 1. The lowest BCUT2D eigenvalue weighted by molar-refractivity contribution is -0.380. The maximum atomic E-state index is 13.3. The van der Waals surface area contributed by atoms with Gasteiger partial charge in [-0.2, -0.15) is 10.1 Å². The van der Waals surface area contributed by atoms with Crippen LogP contribution in [0.25, 0.3) is 10.2 Å². The number of carbonyl (C=O) groups excluding carboxylic acids is 1. The first kappa shape index (κ1) is 20.6. The molecule has 0 fully saturated rings. The molecule has 0 aliphatic rings. The van der Waals surface area contributed by atoms with Gasteiger partial charge in [0.05, 0.1) is 33.3 Å². The van der Waals surface area contributed by atoms with Crippen LogP contribution in [0.4, 0.5) is 14.5 Å². The second kappa shape index (κ2) is 8.58. The van der Waals surface area contributed by atoms with E-state index >= 15 is 0 Å². The standard InChI is InChI=1S/C20H13FN4O4S2/c1-29-14-6-8-16-17(10-14)31-20(23-16)24(19(26)12-2-4-13(21)5-3-12)22-11-15-7-9-18(30-15)25(27)28/h2-11H,1H3/b22-11+. The van der Waals surface area contributed by atoms with Crippen LogP contribution in [0.15, 0.2) is 59.7 Å². The molecule has 31 heavy (non-hydrogen) atoms. The van der Waals surface area contributed by atoms with E-state index in [1.807, 2.05) is 0 Å². The molecule has 0 aliphatic heterocycles. The highest BCUT2D eigenvalue weighted by Crippen LogP contribution is 2.32. The van der Waals surface area contributed by atoms with Crippen molar-refractivity contribution in [1.82, 2.24) is 4.98 Å². The summed E-state index contributed by atoms with van der Waals surface area (Å²) in [6, 6.07) is 13.3. The van der Waals surface area contributed by atoms with Gasteiger partial charge in [-0.15, -0.1) is 0 Å². The predicted molar refractivity (Wildman–Crippen MR) is 118 cm³/mol. The van der Waals surface area contributed by atoms with Gasteiger partial charge in [-0.25, -0.2) is 9.37 Å². The molecule has 2 heterocycles. The SMILES string of the molecule is COc1ccc2nc(N(/N=C/c3ccc([N+](=O)[O-])s3)C(=O)c3ccc(F)cc3)sc2c1. The van der Waals surface area contributed by atoms with Gasteiger partial charge in [-0.3, -0.25) is 14.9 Å². The molecule has 0 radical (unpaired) electrons. The monoisotopic (exact) mass is 456 g/mol. The number of halogens is 1. The van der Waals surface area contributed by atoms with E-state index in [-0.39, 0.29) is 10.6 Å². The first-order chi connectivity index (χ1) is 14.9. The number of fused-ring (bicyclic) bond motifs is 1. The largest absolute Gasteiger partial charge is 0.497 e. The van der Waals surface area contributed by atoms with E-state index in [1.54, 1.807) is 25.3 Å². The number of methoxy groups -OCH3 is 1. The van der Waals surface area contributed by atoms with Crippen LogP contribution in [0.2, 0.25) is 0 Å². The summed E-state index contributed by atoms with van der Waals surface area (Å²) >= 11 is 2.16. The Hall–Kier alpha value is -3.70. The fourth-order valence-corrected chi connectivity index (χ4v) is 4.28. The summed E-state index contributed by atoms with van der Waals surface area (Å²) in [5, 5.41) is 16.5. The van der Waals surface area contributed by atoms with Gasteiger partial charge in [0.15, 0.2) is 0 Å². The van der Waals surface area contributed by atoms with E-state index in [0.29, 0.717) is 21.3 Å². The van der Waals surface area contributed by atoms with Crippen LogP contribution in [0, 0.1) is 15.9 Å². The first-order valence-corrected chi connectivity index (χ1v) is 10.4. The fourth-order valence-electron chi connectivity index (χ4n) is 2.64.